The largest absolute Gasteiger partial charge is 0.330 e. The summed E-state index contributed by atoms with van der Waals surface area (Å²) in [7, 11) is 1.77. The maximum absolute atomic E-state index is 11.9. The molecule has 0 saturated carbocycles. The fourth-order valence-electron chi connectivity index (χ4n) is 1.56. The molecule has 0 unspecified atom stereocenters. The van der Waals surface area contributed by atoms with E-state index in [2.05, 4.69) is 22.1 Å². The second-order valence-electron chi connectivity index (χ2n) is 3.93. The first kappa shape index (κ1) is 12.9. The molecule has 1 aromatic carbocycles. The van der Waals surface area contributed by atoms with Crippen molar-refractivity contribution >= 4 is 11.6 Å². The highest BCUT2D eigenvalue weighted by atomic mass is 16.1. The minimum absolute atomic E-state index is 0.194. The SMILES string of the molecule is Cn1cncc1C(=O)Nc1ccc(C#CCN)cc1. The van der Waals surface area contributed by atoms with Crippen LogP contribution in [0.25, 0.3) is 0 Å². The summed E-state index contributed by atoms with van der Waals surface area (Å²) < 4.78 is 1.66. The standard InChI is InChI=1S/C14H14N4O/c1-18-10-16-9-13(18)14(19)17-12-6-4-11(5-7-12)3-2-8-15/h4-7,9-10H,8,15H2,1H3,(H,17,19). The van der Waals surface area contributed by atoms with Crippen LogP contribution in [0.4, 0.5) is 5.69 Å². The van der Waals surface area contributed by atoms with Crippen molar-refractivity contribution in [3.8, 4) is 11.8 Å². The molecular weight excluding hydrogens is 240 g/mol. The summed E-state index contributed by atoms with van der Waals surface area (Å²) in [6, 6.07) is 7.27. The lowest BCUT2D eigenvalue weighted by atomic mass is 10.2. The second-order valence-corrected chi connectivity index (χ2v) is 3.93. The lowest BCUT2D eigenvalue weighted by Crippen LogP contribution is -2.15. The predicted molar refractivity (Wildman–Crippen MR) is 73.5 cm³/mol. The van der Waals surface area contributed by atoms with Gasteiger partial charge in [-0.3, -0.25) is 4.79 Å². The van der Waals surface area contributed by atoms with Crippen LogP contribution in [0.3, 0.4) is 0 Å². The van der Waals surface area contributed by atoms with Gasteiger partial charge in [-0.1, -0.05) is 11.8 Å². The van der Waals surface area contributed by atoms with Crippen LogP contribution >= 0.6 is 0 Å². The number of aromatic nitrogens is 2. The zero-order valence-corrected chi connectivity index (χ0v) is 10.6. The monoisotopic (exact) mass is 254 g/mol. The first-order chi connectivity index (χ1) is 9.20. The van der Waals surface area contributed by atoms with Gasteiger partial charge in [-0.15, -0.1) is 0 Å². The van der Waals surface area contributed by atoms with Gasteiger partial charge in [0.1, 0.15) is 5.69 Å². The highest BCUT2D eigenvalue weighted by Crippen LogP contribution is 2.10. The number of carbonyl (C=O) groups is 1. The fraction of sp³-hybridized carbons (Fsp3) is 0.143. The number of nitrogens with two attached hydrogens (primary N) is 1. The lowest BCUT2D eigenvalue weighted by Gasteiger charge is -2.05. The molecule has 0 aliphatic carbocycles. The third kappa shape index (κ3) is 3.21. The molecule has 2 aromatic rings. The van der Waals surface area contributed by atoms with Crippen LogP contribution in [0.5, 0.6) is 0 Å². The quantitative estimate of drug-likeness (QED) is 0.785. The third-order valence-corrected chi connectivity index (χ3v) is 2.53. The number of anilines is 1. The number of nitrogens with zero attached hydrogens (tertiary/aromatic N) is 2. The van der Waals surface area contributed by atoms with Crippen molar-refractivity contribution in [2.45, 2.75) is 0 Å². The van der Waals surface area contributed by atoms with E-state index in [4.69, 9.17) is 5.73 Å². The van der Waals surface area contributed by atoms with Gasteiger partial charge in [0.05, 0.1) is 19.1 Å². The van der Waals surface area contributed by atoms with E-state index in [1.165, 1.54) is 6.20 Å². The van der Waals surface area contributed by atoms with Gasteiger partial charge in [0, 0.05) is 18.3 Å². The molecule has 0 spiro atoms. The summed E-state index contributed by atoms with van der Waals surface area (Å²) in [6.07, 6.45) is 3.11. The van der Waals surface area contributed by atoms with E-state index in [1.807, 2.05) is 12.1 Å². The molecule has 0 aliphatic heterocycles. The number of imidazole rings is 1. The van der Waals surface area contributed by atoms with Crippen LogP contribution in [0, 0.1) is 11.8 Å². The number of hydrogen-bond acceptors (Lipinski definition) is 3. The highest BCUT2D eigenvalue weighted by Gasteiger charge is 2.09. The van der Waals surface area contributed by atoms with Gasteiger partial charge in [-0.2, -0.15) is 0 Å². The first-order valence-corrected chi connectivity index (χ1v) is 5.77. The van der Waals surface area contributed by atoms with Crippen LogP contribution in [0.2, 0.25) is 0 Å². The van der Waals surface area contributed by atoms with Crippen molar-refractivity contribution in [2.75, 3.05) is 11.9 Å². The van der Waals surface area contributed by atoms with Gasteiger partial charge in [-0.05, 0) is 24.3 Å². The summed E-state index contributed by atoms with van der Waals surface area (Å²) in [4.78, 5) is 15.8. The maximum Gasteiger partial charge on any atom is 0.273 e. The van der Waals surface area contributed by atoms with Crippen molar-refractivity contribution in [2.24, 2.45) is 12.8 Å². The van der Waals surface area contributed by atoms with Gasteiger partial charge in [-0.25, -0.2) is 4.98 Å². The molecule has 1 aromatic heterocycles. The summed E-state index contributed by atoms with van der Waals surface area (Å²) in [5.41, 5.74) is 7.39. The normalized spacial score (nSPS) is 9.58. The molecule has 19 heavy (non-hydrogen) atoms. The van der Waals surface area contributed by atoms with Crippen molar-refractivity contribution in [1.29, 1.82) is 0 Å². The number of rotatable bonds is 2. The molecule has 0 atom stereocenters. The number of nitrogens with one attached hydrogen (secondary N) is 1. The molecule has 0 radical (unpaired) electrons. The lowest BCUT2D eigenvalue weighted by molar-refractivity contribution is 0.101. The molecule has 0 aliphatic rings. The molecule has 1 heterocycles. The van der Waals surface area contributed by atoms with E-state index in [0.717, 1.165) is 5.56 Å². The molecule has 0 saturated heterocycles. The van der Waals surface area contributed by atoms with E-state index in [1.54, 1.807) is 30.1 Å². The smallest absolute Gasteiger partial charge is 0.273 e. The van der Waals surface area contributed by atoms with Crippen molar-refractivity contribution in [3.63, 3.8) is 0 Å². The molecule has 5 nitrogen and oxygen atoms in total. The Hall–Kier alpha value is -2.58. The second kappa shape index (κ2) is 5.85. The molecule has 2 rings (SSSR count). The maximum atomic E-state index is 11.9. The topological polar surface area (TPSA) is 72.9 Å². The van der Waals surface area contributed by atoms with Crippen molar-refractivity contribution in [3.05, 3.63) is 48.0 Å². The Balaban J connectivity index is 2.08. The van der Waals surface area contributed by atoms with E-state index < -0.39 is 0 Å². The Labute approximate surface area is 111 Å². The zero-order valence-electron chi connectivity index (χ0n) is 10.6. The average Bonchev–Trinajstić information content (AvgIpc) is 2.84. The Kier molecular flexibility index (Phi) is 3.96. The predicted octanol–water partition coefficient (Wildman–Crippen LogP) is 0.983. The summed E-state index contributed by atoms with van der Waals surface area (Å²) in [6.45, 7) is 0.332. The van der Waals surface area contributed by atoms with Crippen LogP contribution in [-0.2, 0) is 7.05 Å². The summed E-state index contributed by atoms with van der Waals surface area (Å²) in [5, 5.41) is 2.80. The van der Waals surface area contributed by atoms with Gasteiger partial charge < -0.3 is 15.6 Å². The van der Waals surface area contributed by atoms with Crippen LogP contribution < -0.4 is 11.1 Å². The number of carbonyl (C=O) groups excluding carboxylic acids is 1. The minimum Gasteiger partial charge on any atom is -0.330 e. The summed E-state index contributed by atoms with van der Waals surface area (Å²) in [5.74, 6) is 5.50. The van der Waals surface area contributed by atoms with Gasteiger partial charge >= 0.3 is 0 Å². The summed E-state index contributed by atoms with van der Waals surface area (Å²) >= 11 is 0. The van der Waals surface area contributed by atoms with Gasteiger partial charge in [0.25, 0.3) is 5.91 Å². The van der Waals surface area contributed by atoms with E-state index >= 15 is 0 Å². The number of amides is 1. The molecule has 5 heteroatoms. The number of benzene rings is 1. The number of hydrogen-bond donors (Lipinski definition) is 2. The van der Waals surface area contributed by atoms with Gasteiger partial charge in [0.2, 0.25) is 0 Å². The minimum atomic E-state index is -0.194. The van der Waals surface area contributed by atoms with Crippen molar-refractivity contribution in [1.82, 2.24) is 9.55 Å². The molecule has 3 N–H and O–H groups in total. The van der Waals surface area contributed by atoms with Crippen LogP contribution in [0.1, 0.15) is 16.1 Å². The Morgan fingerprint density at radius 1 is 1.42 bits per heavy atom. The Bertz CT molecular complexity index is 631. The van der Waals surface area contributed by atoms with E-state index in [-0.39, 0.29) is 5.91 Å². The number of aryl methyl sites for hydroxylation is 1. The molecular formula is C14H14N4O. The molecule has 0 bridgehead atoms. The highest BCUT2D eigenvalue weighted by molar-refractivity contribution is 6.02. The van der Waals surface area contributed by atoms with Crippen molar-refractivity contribution < 1.29 is 4.79 Å². The molecule has 0 fully saturated rings. The molecule has 96 valence electrons. The Morgan fingerprint density at radius 2 is 2.16 bits per heavy atom. The zero-order chi connectivity index (χ0) is 13.7. The fourth-order valence-corrected chi connectivity index (χ4v) is 1.56. The van der Waals surface area contributed by atoms with E-state index in [9.17, 15) is 4.79 Å². The first-order valence-electron chi connectivity index (χ1n) is 5.77. The third-order valence-electron chi connectivity index (χ3n) is 2.53. The average molecular weight is 254 g/mol. The van der Waals surface area contributed by atoms with Crippen LogP contribution in [0.15, 0.2) is 36.8 Å². The Morgan fingerprint density at radius 3 is 2.74 bits per heavy atom. The van der Waals surface area contributed by atoms with E-state index in [0.29, 0.717) is 17.9 Å². The molecule has 1 amide bonds. The van der Waals surface area contributed by atoms with Gasteiger partial charge in [0.15, 0.2) is 0 Å². The van der Waals surface area contributed by atoms with Crippen LogP contribution in [-0.4, -0.2) is 22.0 Å².